The number of nitrogens with zero attached hydrogens (tertiary/aromatic N) is 1. The maximum atomic E-state index is 10.8. The lowest BCUT2D eigenvalue weighted by Crippen LogP contribution is -2.25. The molecule has 1 aromatic heterocycles. The van der Waals surface area contributed by atoms with Crippen LogP contribution in [-0.4, -0.2) is 29.8 Å². The molecule has 108 valence electrons. The van der Waals surface area contributed by atoms with Crippen molar-refractivity contribution in [3.63, 3.8) is 0 Å². The molecule has 0 radical (unpaired) electrons. The maximum Gasteiger partial charge on any atom is 0.264 e. The topological polar surface area (TPSA) is 71.3 Å². The molecule has 6 heteroatoms. The summed E-state index contributed by atoms with van der Waals surface area (Å²) in [5.41, 5.74) is 3.76. The van der Waals surface area contributed by atoms with Crippen LogP contribution >= 0.6 is 0 Å². The zero-order valence-corrected chi connectivity index (χ0v) is 12.0. The van der Waals surface area contributed by atoms with Gasteiger partial charge in [0.2, 0.25) is 0 Å². The van der Waals surface area contributed by atoms with Gasteiger partial charge in [-0.15, -0.1) is 0 Å². The fourth-order valence-electron chi connectivity index (χ4n) is 2.99. The van der Waals surface area contributed by atoms with Crippen LogP contribution in [-0.2, 0) is 29.6 Å². The lowest BCUT2D eigenvalue weighted by atomic mass is 10.1. The average Bonchev–Trinajstić information content (AvgIpc) is 2.73. The first-order chi connectivity index (χ1) is 9.56. The molecule has 0 saturated carbocycles. The fraction of sp³-hybridized carbons (Fsp3) is 0.429. The second kappa shape index (κ2) is 5.20. The van der Waals surface area contributed by atoms with E-state index in [1.165, 1.54) is 16.6 Å². The quantitative estimate of drug-likeness (QED) is 0.840. The van der Waals surface area contributed by atoms with Crippen LogP contribution in [0.5, 0.6) is 0 Å². The zero-order chi connectivity index (χ0) is 14.2. The Morgan fingerprint density at radius 3 is 2.90 bits per heavy atom. The van der Waals surface area contributed by atoms with E-state index in [0.29, 0.717) is 13.0 Å². The summed E-state index contributed by atoms with van der Waals surface area (Å²) in [6.07, 6.45) is 1.42. The third-order valence-corrected chi connectivity index (χ3v) is 4.63. The second-order valence-electron chi connectivity index (χ2n) is 5.16. The maximum absolute atomic E-state index is 10.8. The normalized spacial score (nSPS) is 15.4. The number of rotatable bonds is 4. The third-order valence-electron chi connectivity index (χ3n) is 3.82. The summed E-state index contributed by atoms with van der Waals surface area (Å²) in [5.74, 6) is -0.193. The first-order valence-corrected chi connectivity index (χ1v) is 8.42. The van der Waals surface area contributed by atoms with E-state index in [9.17, 15) is 8.42 Å². The molecule has 5 nitrogen and oxygen atoms in total. The van der Waals surface area contributed by atoms with E-state index in [2.05, 4.69) is 22.0 Å². The zero-order valence-electron chi connectivity index (χ0n) is 11.2. The van der Waals surface area contributed by atoms with Crippen LogP contribution in [0.1, 0.15) is 17.7 Å². The number of benzene rings is 1. The van der Waals surface area contributed by atoms with Gasteiger partial charge in [-0.2, -0.15) is 8.42 Å². The van der Waals surface area contributed by atoms with Crippen molar-refractivity contribution in [3.05, 3.63) is 35.5 Å². The van der Waals surface area contributed by atoms with Crippen molar-refractivity contribution in [2.45, 2.75) is 25.9 Å². The molecule has 0 unspecified atom stereocenters. The van der Waals surface area contributed by atoms with Gasteiger partial charge in [-0.05, 0) is 31.0 Å². The molecule has 2 N–H and O–H groups in total. The van der Waals surface area contributed by atoms with E-state index < -0.39 is 10.1 Å². The molecule has 0 saturated heterocycles. The SMILES string of the molecule is O=S(=O)(O)CCCn1c2c(c3ccccc31)CCNC2. The molecule has 2 heterocycles. The highest BCUT2D eigenvalue weighted by atomic mass is 32.2. The fourth-order valence-corrected chi connectivity index (χ4v) is 3.48. The number of fused-ring (bicyclic) bond motifs is 3. The summed E-state index contributed by atoms with van der Waals surface area (Å²) >= 11 is 0. The summed E-state index contributed by atoms with van der Waals surface area (Å²) in [4.78, 5) is 0. The smallest absolute Gasteiger partial charge is 0.264 e. The van der Waals surface area contributed by atoms with E-state index in [-0.39, 0.29) is 5.75 Å². The first kappa shape index (κ1) is 13.6. The van der Waals surface area contributed by atoms with E-state index in [1.807, 2.05) is 12.1 Å². The predicted molar refractivity (Wildman–Crippen MR) is 78.4 cm³/mol. The van der Waals surface area contributed by atoms with Crippen molar-refractivity contribution in [3.8, 4) is 0 Å². The molecule has 0 spiro atoms. The summed E-state index contributed by atoms with van der Waals surface area (Å²) < 4.78 is 32.7. The lowest BCUT2D eigenvalue weighted by molar-refractivity contribution is 0.477. The van der Waals surface area contributed by atoms with Gasteiger partial charge in [0.15, 0.2) is 0 Å². The predicted octanol–water partition coefficient (Wildman–Crippen LogP) is 1.56. The van der Waals surface area contributed by atoms with Gasteiger partial charge in [0.05, 0.1) is 5.75 Å². The Kier molecular flexibility index (Phi) is 3.54. The molecule has 1 aromatic carbocycles. The van der Waals surface area contributed by atoms with Crippen LogP contribution in [0.15, 0.2) is 24.3 Å². The van der Waals surface area contributed by atoms with Gasteiger partial charge in [-0.1, -0.05) is 18.2 Å². The van der Waals surface area contributed by atoms with Gasteiger partial charge in [0, 0.05) is 29.7 Å². The lowest BCUT2D eigenvalue weighted by Gasteiger charge is -2.17. The Bertz CT molecular complexity index is 734. The number of aryl methyl sites for hydroxylation is 1. The van der Waals surface area contributed by atoms with Crippen molar-refractivity contribution < 1.29 is 13.0 Å². The molecule has 2 aromatic rings. The van der Waals surface area contributed by atoms with Crippen LogP contribution < -0.4 is 5.32 Å². The van der Waals surface area contributed by atoms with Crippen molar-refractivity contribution >= 4 is 21.0 Å². The van der Waals surface area contributed by atoms with Gasteiger partial charge < -0.3 is 9.88 Å². The van der Waals surface area contributed by atoms with Crippen LogP contribution in [0.3, 0.4) is 0 Å². The van der Waals surface area contributed by atoms with Gasteiger partial charge in [-0.3, -0.25) is 4.55 Å². The number of para-hydroxylation sites is 1. The molecule has 3 rings (SSSR count). The van der Waals surface area contributed by atoms with Gasteiger partial charge >= 0.3 is 0 Å². The van der Waals surface area contributed by atoms with Gasteiger partial charge in [0.1, 0.15) is 0 Å². The van der Waals surface area contributed by atoms with Gasteiger partial charge in [-0.25, -0.2) is 0 Å². The Morgan fingerprint density at radius 2 is 2.10 bits per heavy atom. The number of hydrogen-bond donors (Lipinski definition) is 2. The van der Waals surface area contributed by atoms with Crippen LogP contribution in [0.4, 0.5) is 0 Å². The third kappa shape index (κ3) is 2.59. The monoisotopic (exact) mass is 294 g/mol. The second-order valence-corrected chi connectivity index (χ2v) is 6.73. The Hall–Kier alpha value is -1.37. The summed E-state index contributed by atoms with van der Waals surface area (Å²) in [7, 11) is -3.88. The minimum absolute atomic E-state index is 0.193. The highest BCUT2D eigenvalue weighted by molar-refractivity contribution is 7.85. The summed E-state index contributed by atoms with van der Waals surface area (Å²) in [6, 6.07) is 8.23. The molecule has 1 aliphatic rings. The Labute approximate surface area is 118 Å². The number of hydrogen-bond acceptors (Lipinski definition) is 3. The molecular weight excluding hydrogens is 276 g/mol. The van der Waals surface area contributed by atoms with Crippen LogP contribution in [0, 0.1) is 0 Å². The molecule has 0 aliphatic carbocycles. The largest absolute Gasteiger partial charge is 0.343 e. The van der Waals surface area contributed by atoms with Gasteiger partial charge in [0.25, 0.3) is 10.1 Å². The average molecular weight is 294 g/mol. The van der Waals surface area contributed by atoms with E-state index >= 15 is 0 Å². The first-order valence-electron chi connectivity index (χ1n) is 6.81. The number of aromatic nitrogens is 1. The Morgan fingerprint density at radius 1 is 1.30 bits per heavy atom. The van der Waals surface area contributed by atoms with Crippen molar-refractivity contribution in [2.24, 2.45) is 0 Å². The highest BCUT2D eigenvalue weighted by Gasteiger charge is 2.19. The number of nitrogens with one attached hydrogen (secondary N) is 1. The molecule has 0 amide bonds. The van der Waals surface area contributed by atoms with E-state index in [1.54, 1.807) is 0 Å². The minimum Gasteiger partial charge on any atom is -0.343 e. The molecule has 0 atom stereocenters. The van der Waals surface area contributed by atoms with Crippen molar-refractivity contribution in [1.29, 1.82) is 0 Å². The van der Waals surface area contributed by atoms with E-state index in [0.717, 1.165) is 25.0 Å². The molecule has 0 bridgehead atoms. The highest BCUT2D eigenvalue weighted by Crippen LogP contribution is 2.28. The molecule has 0 fully saturated rings. The van der Waals surface area contributed by atoms with Crippen LogP contribution in [0.25, 0.3) is 10.9 Å². The van der Waals surface area contributed by atoms with Crippen LogP contribution in [0.2, 0.25) is 0 Å². The standard InChI is InChI=1S/C14H18N2O3S/c17-20(18,19)9-3-8-16-13-5-2-1-4-11(13)12-6-7-15-10-14(12)16/h1-2,4-5,15H,3,6-10H2,(H,17,18,19). The Balaban J connectivity index is 1.97. The molecule has 1 aliphatic heterocycles. The summed E-state index contributed by atoms with van der Waals surface area (Å²) in [5, 5.41) is 4.62. The molecule has 20 heavy (non-hydrogen) atoms. The van der Waals surface area contributed by atoms with Crippen molar-refractivity contribution in [2.75, 3.05) is 12.3 Å². The minimum atomic E-state index is -3.88. The molecular formula is C14H18N2O3S. The van der Waals surface area contributed by atoms with E-state index in [4.69, 9.17) is 4.55 Å². The summed E-state index contributed by atoms with van der Waals surface area (Å²) in [6.45, 7) is 2.40. The van der Waals surface area contributed by atoms with Crippen molar-refractivity contribution in [1.82, 2.24) is 9.88 Å².